The van der Waals surface area contributed by atoms with Crippen molar-refractivity contribution in [3.8, 4) is 0 Å². The molecule has 0 radical (unpaired) electrons. The van der Waals surface area contributed by atoms with Gasteiger partial charge in [-0.05, 0) is 39.4 Å². The van der Waals surface area contributed by atoms with E-state index in [0.717, 1.165) is 26.1 Å². The molecule has 0 aromatic rings. The number of nitrogens with zero attached hydrogens (tertiary/aromatic N) is 5. The van der Waals surface area contributed by atoms with E-state index in [1.54, 1.807) is 0 Å². The molecular weight excluding hydrogens is 190 g/mol. The second-order valence-corrected chi connectivity index (χ2v) is 4.43. The van der Waals surface area contributed by atoms with E-state index < -0.39 is 0 Å². The zero-order valence-electron chi connectivity index (χ0n) is 9.93. The molecule has 0 aliphatic carbocycles. The highest BCUT2D eigenvalue weighted by atomic mass is 15.3. The van der Waals surface area contributed by atoms with E-state index in [4.69, 9.17) is 5.53 Å². The Balaban J connectivity index is 2.28. The van der Waals surface area contributed by atoms with Crippen LogP contribution in [0, 0.1) is 0 Å². The van der Waals surface area contributed by atoms with Crippen LogP contribution >= 0.6 is 0 Å². The number of azide groups is 1. The lowest BCUT2D eigenvalue weighted by Gasteiger charge is -2.42. The van der Waals surface area contributed by atoms with E-state index in [1.165, 1.54) is 0 Å². The molecule has 5 nitrogen and oxygen atoms in total. The van der Waals surface area contributed by atoms with Gasteiger partial charge in [-0.25, -0.2) is 0 Å². The van der Waals surface area contributed by atoms with Crippen molar-refractivity contribution in [2.75, 3.05) is 33.2 Å². The Morgan fingerprint density at radius 2 is 1.93 bits per heavy atom. The molecule has 0 N–H and O–H groups in total. The molecule has 0 saturated carbocycles. The molecule has 86 valence electrons. The van der Waals surface area contributed by atoms with Gasteiger partial charge in [-0.15, -0.1) is 0 Å². The highest BCUT2D eigenvalue weighted by Gasteiger charge is 2.25. The van der Waals surface area contributed by atoms with Crippen molar-refractivity contribution in [2.24, 2.45) is 5.11 Å². The van der Waals surface area contributed by atoms with E-state index in [-0.39, 0.29) is 0 Å². The molecule has 1 heterocycles. The Hall–Kier alpha value is -0.770. The maximum absolute atomic E-state index is 8.16. The third-order valence-electron chi connectivity index (χ3n) is 3.23. The number of hydrogen-bond acceptors (Lipinski definition) is 3. The van der Waals surface area contributed by atoms with Crippen molar-refractivity contribution in [2.45, 2.75) is 32.4 Å². The average Bonchev–Trinajstić information content (AvgIpc) is 2.21. The average molecular weight is 211 g/mol. The minimum Gasteiger partial charge on any atom is -0.300 e. The lowest BCUT2D eigenvalue weighted by Crippen LogP contribution is -2.55. The third kappa shape index (κ3) is 3.70. The quantitative estimate of drug-likeness (QED) is 0.307. The molecule has 1 saturated heterocycles. The molecule has 0 bridgehead atoms. The minimum atomic E-state index is 0.617. The second kappa shape index (κ2) is 5.95. The molecule has 1 fully saturated rings. The van der Waals surface area contributed by atoms with Gasteiger partial charge in [-0.3, -0.25) is 4.90 Å². The SMILES string of the molecule is CC1CN(CCCN=[N+]=[N-])CC(C)N1C. The van der Waals surface area contributed by atoms with Crippen LogP contribution in [0.25, 0.3) is 10.4 Å². The van der Waals surface area contributed by atoms with E-state index in [2.05, 4.69) is 40.7 Å². The standard InChI is InChI=1S/C10H21N5/c1-9-7-15(6-4-5-12-13-11)8-10(2)14(9)3/h9-10H,4-8H2,1-3H3. The Bertz CT molecular complexity index is 224. The van der Waals surface area contributed by atoms with Crippen LogP contribution in [0.5, 0.6) is 0 Å². The molecule has 0 aromatic heterocycles. The smallest absolute Gasteiger partial charge is 0.0270 e. The fourth-order valence-electron chi connectivity index (χ4n) is 2.11. The molecule has 0 aromatic carbocycles. The van der Waals surface area contributed by atoms with Crippen LogP contribution in [-0.2, 0) is 0 Å². The van der Waals surface area contributed by atoms with Crippen LogP contribution in [0.1, 0.15) is 20.3 Å². The fourth-order valence-corrected chi connectivity index (χ4v) is 2.11. The third-order valence-corrected chi connectivity index (χ3v) is 3.23. The molecule has 1 rings (SSSR count). The van der Waals surface area contributed by atoms with Crippen molar-refractivity contribution in [3.05, 3.63) is 10.4 Å². The number of likely N-dealkylation sites (N-methyl/N-ethyl adjacent to an activating group) is 1. The summed E-state index contributed by atoms with van der Waals surface area (Å²) in [6.07, 6.45) is 0.965. The summed E-state index contributed by atoms with van der Waals surface area (Å²) in [5.41, 5.74) is 8.16. The normalized spacial score (nSPS) is 28.7. The van der Waals surface area contributed by atoms with Gasteiger partial charge in [0.1, 0.15) is 0 Å². The van der Waals surface area contributed by atoms with E-state index in [1.807, 2.05) is 0 Å². The Labute approximate surface area is 91.7 Å². The van der Waals surface area contributed by atoms with Crippen molar-refractivity contribution < 1.29 is 0 Å². The topological polar surface area (TPSA) is 55.2 Å². The molecule has 5 heteroatoms. The molecular formula is C10H21N5. The van der Waals surface area contributed by atoms with Crippen molar-refractivity contribution in [1.82, 2.24) is 9.80 Å². The Morgan fingerprint density at radius 1 is 1.33 bits per heavy atom. The van der Waals surface area contributed by atoms with Gasteiger partial charge in [0, 0.05) is 36.6 Å². The summed E-state index contributed by atoms with van der Waals surface area (Å²) in [6, 6.07) is 1.24. The largest absolute Gasteiger partial charge is 0.300 e. The maximum atomic E-state index is 8.16. The summed E-state index contributed by atoms with van der Waals surface area (Å²) in [6.45, 7) is 8.42. The molecule has 1 aliphatic rings. The van der Waals surface area contributed by atoms with Crippen LogP contribution in [0.3, 0.4) is 0 Å². The molecule has 15 heavy (non-hydrogen) atoms. The van der Waals surface area contributed by atoms with E-state index >= 15 is 0 Å². The predicted octanol–water partition coefficient (Wildman–Crippen LogP) is 1.71. The zero-order chi connectivity index (χ0) is 11.3. The van der Waals surface area contributed by atoms with Crippen LogP contribution in [0.4, 0.5) is 0 Å². The maximum Gasteiger partial charge on any atom is 0.0270 e. The van der Waals surface area contributed by atoms with Gasteiger partial charge < -0.3 is 4.90 Å². The first-order valence-electron chi connectivity index (χ1n) is 5.60. The van der Waals surface area contributed by atoms with E-state index in [0.29, 0.717) is 18.6 Å². The predicted molar refractivity (Wildman–Crippen MR) is 61.8 cm³/mol. The monoisotopic (exact) mass is 211 g/mol. The first kappa shape index (κ1) is 12.3. The molecule has 0 amide bonds. The van der Waals surface area contributed by atoms with Gasteiger partial charge >= 0.3 is 0 Å². The highest BCUT2D eigenvalue weighted by molar-refractivity contribution is 4.82. The summed E-state index contributed by atoms with van der Waals surface area (Å²) >= 11 is 0. The van der Waals surface area contributed by atoms with Crippen LogP contribution in [0.2, 0.25) is 0 Å². The highest BCUT2D eigenvalue weighted by Crippen LogP contribution is 2.13. The summed E-state index contributed by atoms with van der Waals surface area (Å²) in [5.74, 6) is 0. The summed E-state index contributed by atoms with van der Waals surface area (Å²) in [7, 11) is 2.19. The van der Waals surface area contributed by atoms with Crippen molar-refractivity contribution in [1.29, 1.82) is 0 Å². The first-order chi connectivity index (χ1) is 7.15. The van der Waals surface area contributed by atoms with Gasteiger partial charge in [0.2, 0.25) is 0 Å². The lowest BCUT2D eigenvalue weighted by atomic mass is 10.1. The number of rotatable bonds is 4. The molecule has 2 unspecified atom stereocenters. The van der Waals surface area contributed by atoms with Crippen LogP contribution < -0.4 is 0 Å². The van der Waals surface area contributed by atoms with Crippen LogP contribution in [0.15, 0.2) is 5.11 Å². The Morgan fingerprint density at radius 3 is 2.47 bits per heavy atom. The first-order valence-corrected chi connectivity index (χ1v) is 5.60. The van der Waals surface area contributed by atoms with Crippen LogP contribution in [-0.4, -0.2) is 55.1 Å². The minimum absolute atomic E-state index is 0.617. The van der Waals surface area contributed by atoms with Crippen molar-refractivity contribution >= 4 is 0 Å². The van der Waals surface area contributed by atoms with Gasteiger partial charge in [0.05, 0.1) is 0 Å². The zero-order valence-corrected chi connectivity index (χ0v) is 9.93. The molecule has 0 spiro atoms. The number of hydrogen-bond donors (Lipinski definition) is 0. The Kier molecular flexibility index (Phi) is 4.88. The molecule has 1 aliphatic heterocycles. The lowest BCUT2D eigenvalue weighted by molar-refractivity contribution is 0.0599. The fraction of sp³-hybridized carbons (Fsp3) is 1.00. The van der Waals surface area contributed by atoms with Gasteiger partial charge in [-0.2, -0.15) is 0 Å². The summed E-state index contributed by atoms with van der Waals surface area (Å²) in [5, 5.41) is 3.55. The van der Waals surface area contributed by atoms with Gasteiger partial charge in [-0.1, -0.05) is 5.11 Å². The summed E-state index contributed by atoms with van der Waals surface area (Å²) in [4.78, 5) is 7.64. The number of piperazine rings is 1. The molecule has 2 atom stereocenters. The van der Waals surface area contributed by atoms with Gasteiger partial charge in [0.25, 0.3) is 0 Å². The van der Waals surface area contributed by atoms with Crippen molar-refractivity contribution in [3.63, 3.8) is 0 Å². The van der Waals surface area contributed by atoms with Gasteiger partial charge in [0.15, 0.2) is 0 Å². The second-order valence-electron chi connectivity index (χ2n) is 4.43. The van der Waals surface area contributed by atoms with E-state index in [9.17, 15) is 0 Å². The summed E-state index contributed by atoms with van der Waals surface area (Å²) < 4.78 is 0.